The number of halogens is 2. The maximum atomic E-state index is 12.0. The first-order chi connectivity index (χ1) is 10.9. The SMILES string of the molecule is CC(OC(=O)Cc1ccc(Br)cc1)C(=O)Nc1ccc(Cl)cc1. The summed E-state index contributed by atoms with van der Waals surface area (Å²) in [5, 5.41) is 3.25. The highest BCUT2D eigenvalue weighted by atomic mass is 79.9. The second-order valence-electron chi connectivity index (χ2n) is 4.93. The number of nitrogens with one attached hydrogen (secondary N) is 1. The van der Waals surface area contributed by atoms with Crippen molar-refractivity contribution in [1.29, 1.82) is 0 Å². The molecule has 0 radical (unpaired) electrons. The van der Waals surface area contributed by atoms with E-state index < -0.39 is 18.0 Å². The maximum Gasteiger partial charge on any atom is 0.311 e. The number of benzene rings is 2. The molecule has 1 unspecified atom stereocenters. The Hall–Kier alpha value is -1.85. The van der Waals surface area contributed by atoms with Gasteiger partial charge in [-0.3, -0.25) is 9.59 Å². The molecular weight excluding hydrogens is 382 g/mol. The summed E-state index contributed by atoms with van der Waals surface area (Å²) in [4.78, 5) is 23.9. The minimum atomic E-state index is -0.881. The predicted octanol–water partition coefficient (Wildman–Crippen LogP) is 4.22. The number of carbonyl (C=O) groups excluding carboxylic acids is 2. The normalized spacial score (nSPS) is 11.6. The lowest BCUT2D eigenvalue weighted by atomic mass is 10.1. The molecule has 23 heavy (non-hydrogen) atoms. The molecule has 0 bridgehead atoms. The van der Waals surface area contributed by atoms with Crippen LogP contribution in [0, 0.1) is 0 Å². The Labute approximate surface area is 147 Å². The van der Waals surface area contributed by atoms with Crippen LogP contribution in [0.25, 0.3) is 0 Å². The highest BCUT2D eigenvalue weighted by Gasteiger charge is 2.18. The van der Waals surface area contributed by atoms with Crippen LogP contribution >= 0.6 is 27.5 Å². The molecule has 2 aromatic rings. The Bertz CT molecular complexity index is 686. The van der Waals surface area contributed by atoms with E-state index in [0.29, 0.717) is 10.7 Å². The van der Waals surface area contributed by atoms with Gasteiger partial charge in [-0.2, -0.15) is 0 Å². The van der Waals surface area contributed by atoms with E-state index in [4.69, 9.17) is 16.3 Å². The van der Waals surface area contributed by atoms with Crippen LogP contribution in [0.2, 0.25) is 5.02 Å². The minimum Gasteiger partial charge on any atom is -0.452 e. The Kier molecular flexibility index (Phi) is 6.19. The van der Waals surface area contributed by atoms with Crippen LogP contribution in [0.3, 0.4) is 0 Å². The van der Waals surface area contributed by atoms with Crippen molar-refractivity contribution in [3.8, 4) is 0 Å². The average Bonchev–Trinajstić information content (AvgIpc) is 2.51. The van der Waals surface area contributed by atoms with Crippen LogP contribution in [0.4, 0.5) is 5.69 Å². The molecule has 4 nitrogen and oxygen atoms in total. The van der Waals surface area contributed by atoms with Crippen LogP contribution in [0.5, 0.6) is 0 Å². The van der Waals surface area contributed by atoms with Crippen molar-refractivity contribution in [3.05, 3.63) is 63.6 Å². The molecule has 0 aliphatic rings. The fourth-order valence-corrected chi connectivity index (χ4v) is 2.23. The van der Waals surface area contributed by atoms with Crippen LogP contribution in [-0.2, 0) is 20.7 Å². The van der Waals surface area contributed by atoms with E-state index in [0.717, 1.165) is 10.0 Å². The van der Waals surface area contributed by atoms with Crippen molar-refractivity contribution in [3.63, 3.8) is 0 Å². The minimum absolute atomic E-state index is 0.117. The Balaban J connectivity index is 1.86. The van der Waals surface area contributed by atoms with Crippen molar-refractivity contribution in [2.45, 2.75) is 19.4 Å². The molecule has 1 atom stereocenters. The largest absolute Gasteiger partial charge is 0.452 e. The Morgan fingerprint density at radius 3 is 2.35 bits per heavy atom. The summed E-state index contributed by atoms with van der Waals surface area (Å²) in [6.07, 6.45) is -0.764. The molecule has 0 aliphatic carbocycles. The summed E-state index contributed by atoms with van der Waals surface area (Å²) in [6.45, 7) is 1.53. The first-order valence-corrected chi connectivity index (χ1v) is 8.11. The van der Waals surface area contributed by atoms with Crippen LogP contribution < -0.4 is 5.32 Å². The van der Waals surface area contributed by atoms with E-state index >= 15 is 0 Å². The highest BCUT2D eigenvalue weighted by molar-refractivity contribution is 9.10. The van der Waals surface area contributed by atoms with Gasteiger partial charge in [-0.15, -0.1) is 0 Å². The maximum absolute atomic E-state index is 12.0. The van der Waals surface area contributed by atoms with Crippen molar-refractivity contribution < 1.29 is 14.3 Å². The third-order valence-electron chi connectivity index (χ3n) is 3.05. The lowest BCUT2D eigenvalue weighted by Crippen LogP contribution is -2.30. The van der Waals surface area contributed by atoms with E-state index in [2.05, 4.69) is 21.2 Å². The molecule has 0 heterocycles. The molecular formula is C17H15BrClNO3. The second kappa shape index (κ2) is 8.13. The fraction of sp³-hybridized carbons (Fsp3) is 0.176. The molecule has 0 aliphatic heterocycles. The first-order valence-electron chi connectivity index (χ1n) is 6.94. The lowest BCUT2D eigenvalue weighted by Gasteiger charge is -2.13. The molecule has 6 heteroatoms. The molecule has 1 amide bonds. The van der Waals surface area contributed by atoms with Gasteiger partial charge in [-0.1, -0.05) is 39.7 Å². The molecule has 120 valence electrons. The third kappa shape index (κ3) is 5.69. The van der Waals surface area contributed by atoms with Gasteiger partial charge in [0.25, 0.3) is 5.91 Å². The highest BCUT2D eigenvalue weighted by Crippen LogP contribution is 2.14. The van der Waals surface area contributed by atoms with Gasteiger partial charge < -0.3 is 10.1 Å². The topological polar surface area (TPSA) is 55.4 Å². The summed E-state index contributed by atoms with van der Waals surface area (Å²) < 4.78 is 6.09. The summed E-state index contributed by atoms with van der Waals surface area (Å²) >= 11 is 9.11. The quantitative estimate of drug-likeness (QED) is 0.770. The lowest BCUT2D eigenvalue weighted by molar-refractivity contribution is -0.152. The van der Waals surface area contributed by atoms with E-state index in [1.807, 2.05) is 24.3 Å². The smallest absolute Gasteiger partial charge is 0.311 e. The van der Waals surface area contributed by atoms with Crippen LogP contribution in [-0.4, -0.2) is 18.0 Å². The van der Waals surface area contributed by atoms with Crippen molar-refractivity contribution in [2.24, 2.45) is 0 Å². The number of hydrogen-bond acceptors (Lipinski definition) is 3. The Morgan fingerprint density at radius 1 is 1.13 bits per heavy atom. The number of hydrogen-bond donors (Lipinski definition) is 1. The standard InChI is InChI=1S/C17H15BrClNO3/c1-11(17(22)20-15-8-6-14(19)7-9-15)23-16(21)10-12-2-4-13(18)5-3-12/h2-9,11H,10H2,1H3,(H,20,22). The summed E-state index contributed by atoms with van der Waals surface area (Å²) in [6, 6.07) is 14.0. The molecule has 2 rings (SSSR count). The van der Waals surface area contributed by atoms with Crippen LogP contribution in [0.1, 0.15) is 12.5 Å². The van der Waals surface area contributed by atoms with Crippen LogP contribution in [0.15, 0.2) is 53.0 Å². The van der Waals surface area contributed by atoms with Gasteiger partial charge >= 0.3 is 5.97 Å². The number of esters is 1. The molecule has 0 spiro atoms. The third-order valence-corrected chi connectivity index (χ3v) is 3.83. The van der Waals surface area contributed by atoms with Gasteiger partial charge in [0, 0.05) is 15.2 Å². The monoisotopic (exact) mass is 395 g/mol. The second-order valence-corrected chi connectivity index (χ2v) is 6.28. The summed E-state index contributed by atoms with van der Waals surface area (Å²) in [5.74, 6) is -0.845. The predicted molar refractivity (Wildman–Crippen MR) is 93.5 cm³/mol. The van der Waals surface area contributed by atoms with Crippen molar-refractivity contribution >= 4 is 45.1 Å². The van der Waals surface area contributed by atoms with Gasteiger partial charge in [0.1, 0.15) is 0 Å². The number of carbonyl (C=O) groups is 2. The molecule has 0 fully saturated rings. The average molecular weight is 397 g/mol. The van der Waals surface area contributed by atoms with Gasteiger partial charge in [-0.25, -0.2) is 0 Å². The number of amides is 1. The molecule has 0 saturated heterocycles. The van der Waals surface area contributed by atoms with E-state index in [-0.39, 0.29) is 6.42 Å². The molecule has 0 aromatic heterocycles. The zero-order valence-corrected chi connectivity index (χ0v) is 14.7. The van der Waals surface area contributed by atoms with Gasteiger partial charge in [0.05, 0.1) is 6.42 Å². The van der Waals surface area contributed by atoms with E-state index in [1.165, 1.54) is 6.92 Å². The number of rotatable bonds is 5. The molecule has 2 aromatic carbocycles. The summed E-state index contributed by atoms with van der Waals surface area (Å²) in [5.41, 5.74) is 1.42. The zero-order valence-electron chi connectivity index (χ0n) is 12.4. The number of ether oxygens (including phenoxy) is 1. The zero-order chi connectivity index (χ0) is 16.8. The van der Waals surface area contributed by atoms with E-state index in [1.54, 1.807) is 24.3 Å². The molecule has 1 N–H and O–H groups in total. The first kappa shape index (κ1) is 17.5. The van der Waals surface area contributed by atoms with Crippen molar-refractivity contribution in [2.75, 3.05) is 5.32 Å². The molecule has 0 saturated carbocycles. The van der Waals surface area contributed by atoms with Crippen molar-refractivity contribution in [1.82, 2.24) is 0 Å². The van der Waals surface area contributed by atoms with Gasteiger partial charge in [-0.05, 0) is 48.9 Å². The van der Waals surface area contributed by atoms with E-state index in [9.17, 15) is 9.59 Å². The van der Waals surface area contributed by atoms with Gasteiger partial charge in [0.15, 0.2) is 6.10 Å². The summed E-state index contributed by atoms with van der Waals surface area (Å²) in [7, 11) is 0. The Morgan fingerprint density at radius 2 is 1.74 bits per heavy atom. The fourth-order valence-electron chi connectivity index (χ4n) is 1.84. The van der Waals surface area contributed by atoms with Gasteiger partial charge in [0.2, 0.25) is 0 Å². The number of anilines is 1.